The second-order valence-corrected chi connectivity index (χ2v) is 4.91. The summed E-state index contributed by atoms with van der Waals surface area (Å²) in [5.41, 5.74) is 5.15. The third kappa shape index (κ3) is 5.71. The summed E-state index contributed by atoms with van der Waals surface area (Å²) in [5, 5.41) is 0. The standard InChI is InChI=1S/C12H22F3NO2/c1-5-8(4)6-9(10(16)12(13,14)15)11(17)18-7(2)3/h7-10H,5-6,16H2,1-4H3/t8?,9-,10-/m0/s1. The summed E-state index contributed by atoms with van der Waals surface area (Å²) in [6, 6.07) is -2.17. The van der Waals surface area contributed by atoms with E-state index in [9.17, 15) is 18.0 Å². The van der Waals surface area contributed by atoms with E-state index in [2.05, 4.69) is 0 Å². The van der Waals surface area contributed by atoms with Gasteiger partial charge in [0.15, 0.2) is 0 Å². The lowest BCUT2D eigenvalue weighted by Gasteiger charge is -2.27. The van der Waals surface area contributed by atoms with Crippen molar-refractivity contribution in [2.45, 2.75) is 58.9 Å². The van der Waals surface area contributed by atoms with Crippen molar-refractivity contribution < 1.29 is 22.7 Å². The van der Waals surface area contributed by atoms with Gasteiger partial charge in [0.05, 0.1) is 12.0 Å². The second-order valence-electron chi connectivity index (χ2n) is 4.91. The molecule has 18 heavy (non-hydrogen) atoms. The van der Waals surface area contributed by atoms with Gasteiger partial charge >= 0.3 is 12.1 Å². The van der Waals surface area contributed by atoms with Crippen molar-refractivity contribution in [1.82, 2.24) is 0 Å². The predicted molar refractivity (Wildman–Crippen MR) is 62.8 cm³/mol. The number of hydrogen-bond donors (Lipinski definition) is 1. The highest BCUT2D eigenvalue weighted by molar-refractivity contribution is 5.73. The molecule has 108 valence electrons. The van der Waals surface area contributed by atoms with Crippen LogP contribution in [-0.2, 0) is 9.53 Å². The zero-order valence-electron chi connectivity index (χ0n) is 11.3. The fraction of sp³-hybridized carbons (Fsp3) is 0.917. The third-order valence-electron chi connectivity index (χ3n) is 2.82. The number of esters is 1. The van der Waals surface area contributed by atoms with Crippen molar-refractivity contribution >= 4 is 5.97 Å². The topological polar surface area (TPSA) is 52.3 Å². The molecule has 3 atom stereocenters. The van der Waals surface area contributed by atoms with Gasteiger partial charge in [0.2, 0.25) is 0 Å². The molecule has 1 unspecified atom stereocenters. The Morgan fingerprint density at radius 1 is 1.28 bits per heavy atom. The number of alkyl halides is 3. The van der Waals surface area contributed by atoms with Gasteiger partial charge in [-0.05, 0) is 26.2 Å². The molecule has 0 saturated carbocycles. The number of hydrogen-bond acceptors (Lipinski definition) is 3. The number of halogens is 3. The number of carbonyl (C=O) groups is 1. The number of carbonyl (C=O) groups excluding carboxylic acids is 1. The highest BCUT2D eigenvalue weighted by Crippen LogP contribution is 2.29. The monoisotopic (exact) mass is 269 g/mol. The van der Waals surface area contributed by atoms with Gasteiger partial charge in [0, 0.05) is 0 Å². The van der Waals surface area contributed by atoms with E-state index in [0.29, 0.717) is 6.42 Å². The van der Waals surface area contributed by atoms with Crippen LogP contribution < -0.4 is 5.73 Å². The average molecular weight is 269 g/mol. The summed E-state index contributed by atoms with van der Waals surface area (Å²) in [6.45, 7) is 6.84. The maximum atomic E-state index is 12.6. The van der Waals surface area contributed by atoms with Gasteiger partial charge in [-0.15, -0.1) is 0 Å². The molecular formula is C12H22F3NO2. The molecule has 2 N–H and O–H groups in total. The van der Waals surface area contributed by atoms with Crippen LogP contribution in [0.4, 0.5) is 13.2 Å². The molecule has 0 aromatic carbocycles. The van der Waals surface area contributed by atoms with E-state index in [1.807, 2.05) is 6.92 Å². The third-order valence-corrected chi connectivity index (χ3v) is 2.82. The van der Waals surface area contributed by atoms with Crippen LogP contribution in [0.3, 0.4) is 0 Å². The summed E-state index contributed by atoms with van der Waals surface area (Å²) in [6.07, 6.45) is -4.26. The highest BCUT2D eigenvalue weighted by atomic mass is 19.4. The van der Waals surface area contributed by atoms with Crippen molar-refractivity contribution in [2.75, 3.05) is 0 Å². The van der Waals surface area contributed by atoms with E-state index in [4.69, 9.17) is 10.5 Å². The maximum Gasteiger partial charge on any atom is 0.404 e. The zero-order chi connectivity index (χ0) is 14.5. The van der Waals surface area contributed by atoms with Crippen LogP contribution in [0.2, 0.25) is 0 Å². The molecule has 0 rings (SSSR count). The smallest absolute Gasteiger partial charge is 0.404 e. The molecule has 0 bridgehead atoms. The second kappa shape index (κ2) is 6.97. The molecule has 6 heteroatoms. The van der Waals surface area contributed by atoms with E-state index >= 15 is 0 Å². The van der Waals surface area contributed by atoms with Crippen LogP contribution >= 0.6 is 0 Å². The quantitative estimate of drug-likeness (QED) is 0.754. The van der Waals surface area contributed by atoms with Crippen LogP contribution in [0.1, 0.15) is 40.5 Å². The SMILES string of the molecule is CCC(C)C[C@H](C(=O)OC(C)C)[C@H](N)C(F)(F)F. The number of ether oxygens (including phenoxy) is 1. The van der Waals surface area contributed by atoms with Crippen molar-refractivity contribution in [2.24, 2.45) is 17.6 Å². The lowest BCUT2D eigenvalue weighted by atomic mass is 9.88. The average Bonchev–Trinajstić information content (AvgIpc) is 2.22. The largest absolute Gasteiger partial charge is 0.463 e. The Balaban J connectivity index is 4.87. The van der Waals surface area contributed by atoms with Crippen LogP contribution in [0.25, 0.3) is 0 Å². The van der Waals surface area contributed by atoms with Gasteiger partial charge in [-0.2, -0.15) is 13.2 Å². The van der Waals surface area contributed by atoms with Crippen molar-refractivity contribution in [3.05, 3.63) is 0 Å². The molecule has 0 aliphatic rings. The minimum Gasteiger partial charge on any atom is -0.463 e. The summed E-state index contributed by atoms with van der Waals surface area (Å²) >= 11 is 0. The molecule has 0 radical (unpaired) electrons. The molecule has 0 heterocycles. The molecule has 3 nitrogen and oxygen atoms in total. The molecule has 0 saturated heterocycles. The Morgan fingerprint density at radius 3 is 2.11 bits per heavy atom. The first kappa shape index (κ1) is 17.2. The highest BCUT2D eigenvalue weighted by Gasteiger charge is 2.46. The Bertz CT molecular complexity index is 267. The Kier molecular flexibility index (Phi) is 6.67. The van der Waals surface area contributed by atoms with Crippen LogP contribution in [0, 0.1) is 11.8 Å². The predicted octanol–water partition coefficient (Wildman–Crippen LogP) is 2.88. The normalized spacial score (nSPS) is 17.4. The minimum absolute atomic E-state index is 0.0110. The van der Waals surface area contributed by atoms with Gasteiger partial charge in [-0.1, -0.05) is 20.3 Å². The number of nitrogens with two attached hydrogens (primary N) is 1. The fourth-order valence-corrected chi connectivity index (χ4v) is 1.54. The molecule has 0 aliphatic carbocycles. The Labute approximate surface area is 106 Å². The van der Waals surface area contributed by atoms with Gasteiger partial charge in [-0.25, -0.2) is 0 Å². The minimum atomic E-state index is -4.59. The summed E-state index contributed by atoms with van der Waals surface area (Å²) < 4.78 is 42.7. The van der Waals surface area contributed by atoms with E-state index in [1.165, 1.54) is 0 Å². The van der Waals surface area contributed by atoms with Gasteiger partial charge < -0.3 is 10.5 Å². The van der Waals surface area contributed by atoms with E-state index in [-0.39, 0.29) is 12.3 Å². The molecule has 0 fully saturated rings. The molecule has 0 spiro atoms. The van der Waals surface area contributed by atoms with Gasteiger partial charge in [-0.3, -0.25) is 4.79 Å². The first-order valence-corrected chi connectivity index (χ1v) is 6.12. The van der Waals surface area contributed by atoms with Crippen LogP contribution in [-0.4, -0.2) is 24.3 Å². The molecule has 0 amide bonds. The van der Waals surface area contributed by atoms with Crippen molar-refractivity contribution in [3.63, 3.8) is 0 Å². The van der Waals surface area contributed by atoms with E-state index < -0.39 is 30.2 Å². The first-order chi connectivity index (χ1) is 8.09. The van der Waals surface area contributed by atoms with Crippen LogP contribution in [0.5, 0.6) is 0 Å². The van der Waals surface area contributed by atoms with Crippen LogP contribution in [0.15, 0.2) is 0 Å². The molecular weight excluding hydrogens is 247 g/mol. The molecule has 0 aliphatic heterocycles. The maximum absolute atomic E-state index is 12.6. The first-order valence-electron chi connectivity index (χ1n) is 6.12. The van der Waals surface area contributed by atoms with Gasteiger partial charge in [0.25, 0.3) is 0 Å². The Morgan fingerprint density at radius 2 is 1.78 bits per heavy atom. The lowest BCUT2D eigenvalue weighted by molar-refractivity contribution is -0.179. The summed E-state index contributed by atoms with van der Waals surface area (Å²) in [5.74, 6) is -2.21. The van der Waals surface area contributed by atoms with Gasteiger partial charge in [0.1, 0.15) is 6.04 Å². The van der Waals surface area contributed by atoms with Crippen molar-refractivity contribution in [1.29, 1.82) is 0 Å². The number of rotatable bonds is 6. The van der Waals surface area contributed by atoms with Crippen molar-refractivity contribution in [3.8, 4) is 0 Å². The Hall–Kier alpha value is -0.780. The van der Waals surface area contributed by atoms with E-state index in [0.717, 1.165) is 0 Å². The fourth-order valence-electron chi connectivity index (χ4n) is 1.54. The molecule has 0 aromatic heterocycles. The van der Waals surface area contributed by atoms with E-state index in [1.54, 1.807) is 20.8 Å². The zero-order valence-corrected chi connectivity index (χ0v) is 11.3. The molecule has 0 aromatic rings. The lowest BCUT2D eigenvalue weighted by Crippen LogP contribution is -2.48. The summed E-state index contributed by atoms with van der Waals surface area (Å²) in [4.78, 5) is 11.7. The summed E-state index contributed by atoms with van der Waals surface area (Å²) in [7, 11) is 0.